The predicted octanol–water partition coefficient (Wildman–Crippen LogP) is 3.58. The van der Waals surface area contributed by atoms with Crippen molar-refractivity contribution >= 4 is 5.91 Å². The minimum atomic E-state index is 0.0403. The van der Waals surface area contributed by atoms with E-state index in [0.717, 1.165) is 44.7 Å². The van der Waals surface area contributed by atoms with Crippen LogP contribution in [-0.4, -0.2) is 48.4 Å². The Morgan fingerprint density at radius 3 is 2.33 bits per heavy atom. The maximum absolute atomic E-state index is 12.8. The average Bonchev–Trinajstić information content (AvgIpc) is 2.98. The Bertz CT molecular complexity index is 842. The van der Waals surface area contributed by atoms with Gasteiger partial charge in [-0.25, -0.2) is 0 Å². The summed E-state index contributed by atoms with van der Waals surface area (Å²) in [6, 6.07) is 20.2. The molecule has 2 aromatic carbocycles. The first-order valence-corrected chi connectivity index (χ1v) is 10.8. The van der Waals surface area contributed by atoms with Crippen molar-refractivity contribution in [3.8, 4) is 6.07 Å². The second-order valence-corrected chi connectivity index (χ2v) is 8.41. The lowest BCUT2D eigenvalue weighted by molar-refractivity contribution is -0.123. The summed E-state index contributed by atoms with van der Waals surface area (Å²) in [5.41, 5.74) is 3.08. The lowest BCUT2D eigenvalue weighted by Gasteiger charge is -2.26. The van der Waals surface area contributed by atoms with Gasteiger partial charge in [-0.1, -0.05) is 56.3 Å². The third-order valence-corrected chi connectivity index (χ3v) is 5.68. The topological polar surface area (TPSA) is 59.4 Å². The molecule has 0 spiro atoms. The van der Waals surface area contributed by atoms with Gasteiger partial charge in [-0.05, 0) is 48.7 Å². The van der Waals surface area contributed by atoms with E-state index in [-0.39, 0.29) is 11.9 Å². The lowest BCUT2D eigenvalue weighted by atomic mass is 9.96. The fourth-order valence-corrected chi connectivity index (χ4v) is 4.00. The molecule has 1 amide bonds. The fourth-order valence-electron chi connectivity index (χ4n) is 4.00. The number of hydrogen-bond acceptors (Lipinski definition) is 4. The summed E-state index contributed by atoms with van der Waals surface area (Å²) in [5, 5.41) is 12.2. The van der Waals surface area contributed by atoms with E-state index in [0.29, 0.717) is 18.0 Å². The number of hydrogen-bond donors (Lipinski definition) is 1. The SMILES string of the molecule is CC(C)C(NC(=O)CN1CCCN(Cc2ccc(C#N)cc2)CC1)c1ccccc1. The van der Waals surface area contributed by atoms with Gasteiger partial charge in [-0.2, -0.15) is 5.26 Å². The molecule has 1 aliphatic rings. The van der Waals surface area contributed by atoms with E-state index in [2.05, 4.69) is 47.2 Å². The van der Waals surface area contributed by atoms with E-state index < -0.39 is 0 Å². The summed E-state index contributed by atoms with van der Waals surface area (Å²) in [5.74, 6) is 0.432. The number of carbonyl (C=O) groups is 1. The van der Waals surface area contributed by atoms with Crippen molar-refractivity contribution in [1.82, 2.24) is 15.1 Å². The van der Waals surface area contributed by atoms with Crippen LogP contribution >= 0.6 is 0 Å². The van der Waals surface area contributed by atoms with E-state index >= 15 is 0 Å². The van der Waals surface area contributed by atoms with E-state index in [1.165, 1.54) is 5.56 Å². The predicted molar refractivity (Wildman–Crippen MR) is 120 cm³/mol. The fraction of sp³-hybridized carbons (Fsp3) is 0.440. The van der Waals surface area contributed by atoms with Gasteiger partial charge in [-0.15, -0.1) is 0 Å². The van der Waals surface area contributed by atoms with Crippen LogP contribution in [0, 0.1) is 17.2 Å². The molecule has 30 heavy (non-hydrogen) atoms. The van der Waals surface area contributed by atoms with Crippen molar-refractivity contribution in [3.63, 3.8) is 0 Å². The molecule has 1 heterocycles. The van der Waals surface area contributed by atoms with Crippen molar-refractivity contribution in [2.45, 2.75) is 32.9 Å². The minimum Gasteiger partial charge on any atom is -0.348 e. The van der Waals surface area contributed by atoms with Gasteiger partial charge in [0.25, 0.3) is 0 Å². The molecule has 1 N–H and O–H groups in total. The molecule has 3 rings (SSSR count). The number of benzene rings is 2. The minimum absolute atomic E-state index is 0.0403. The summed E-state index contributed by atoms with van der Waals surface area (Å²) < 4.78 is 0. The van der Waals surface area contributed by atoms with Crippen molar-refractivity contribution in [2.24, 2.45) is 5.92 Å². The summed E-state index contributed by atoms with van der Waals surface area (Å²) in [6.45, 7) is 9.42. The molecule has 0 saturated carbocycles. The van der Waals surface area contributed by atoms with E-state index in [1.807, 2.05) is 42.5 Å². The molecule has 1 atom stereocenters. The van der Waals surface area contributed by atoms with Gasteiger partial charge in [0.2, 0.25) is 5.91 Å². The zero-order chi connectivity index (χ0) is 21.3. The Balaban J connectivity index is 1.50. The number of nitrogens with zero attached hydrogens (tertiary/aromatic N) is 3. The number of nitriles is 1. The molecule has 5 nitrogen and oxygen atoms in total. The molecule has 2 aromatic rings. The zero-order valence-electron chi connectivity index (χ0n) is 18.1. The van der Waals surface area contributed by atoms with Gasteiger partial charge in [-0.3, -0.25) is 14.6 Å². The Labute approximate surface area is 180 Å². The second kappa shape index (κ2) is 10.9. The molecule has 0 aliphatic carbocycles. The van der Waals surface area contributed by atoms with Gasteiger partial charge < -0.3 is 5.32 Å². The highest BCUT2D eigenvalue weighted by Gasteiger charge is 2.21. The highest BCUT2D eigenvalue weighted by atomic mass is 16.2. The first-order valence-electron chi connectivity index (χ1n) is 10.8. The Kier molecular flexibility index (Phi) is 8.01. The van der Waals surface area contributed by atoms with Crippen molar-refractivity contribution in [2.75, 3.05) is 32.7 Å². The van der Waals surface area contributed by atoms with Crippen molar-refractivity contribution in [1.29, 1.82) is 5.26 Å². The Morgan fingerprint density at radius 1 is 1.00 bits per heavy atom. The molecule has 0 radical (unpaired) electrons. The molecule has 1 aliphatic heterocycles. The van der Waals surface area contributed by atoms with Crippen LogP contribution in [0.3, 0.4) is 0 Å². The smallest absolute Gasteiger partial charge is 0.234 e. The van der Waals surface area contributed by atoms with Crippen LogP contribution < -0.4 is 5.32 Å². The maximum Gasteiger partial charge on any atom is 0.234 e. The standard InChI is InChI=1S/C25H32N4O/c1-20(2)25(23-7-4-3-5-8-23)27-24(30)19-29-14-6-13-28(15-16-29)18-22-11-9-21(17-26)10-12-22/h3-5,7-12,20,25H,6,13-16,18-19H2,1-2H3,(H,27,30). The third-order valence-electron chi connectivity index (χ3n) is 5.68. The normalized spacial score (nSPS) is 16.6. The highest BCUT2D eigenvalue weighted by Crippen LogP contribution is 2.21. The third kappa shape index (κ3) is 6.41. The van der Waals surface area contributed by atoms with Gasteiger partial charge in [0, 0.05) is 19.6 Å². The van der Waals surface area contributed by atoms with Gasteiger partial charge in [0.15, 0.2) is 0 Å². The van der Waals surface area contributed by atoms with Crippen LogP contribution in [-0.2, 0) is 11.3 Å². The molecular weight excluding hydrogens is 372 g/mol. The maximum atomic E-state index is 12.8. The highest BCUT2D eigenvalue weighted by molar-refractivity contribution is 5.78. The molecule has 158 valence electrons. The molecule has 0 bridgehead atoms. The van der Waals surface area contributed by atoms with Crippen LogP contribution in [0.25, 0.3) is 0 Å². The summed E-state index contributed by atoms with van der Waals surface area (Å²) in [4.78, 5) is 17.4. The van der Waals surface area contributed by atoms with E-state index in [9.17, 15) is 4.79 Å². The summed E-state index contributed by atoms with van der Waals surface area (Å²) >= 11 is 0. The van der Waals surface area contributed by atoms with Crippen LogP contribution in [0.5, 0.6) is 0 Å². The van der Waals surface area contributed by atoms with Crippen LogP contribution in [0.4, 0.5) is 0 Å². The largest absolute Gasteiger partial charge is 0.348 e. The monoisotopic (exact) mass is 404 g/mol. The molecule has 1 fully saturated rings. The molecule has 5 heteroatoms. The number of rotatable bonds is 7. The van der Waals surface area contributed by atoms with Crippen molar-refractivity contribution in [3.05, 3.63) is 71.3 Å². The Morgan fingerprint density at radius 2 is 1.67 bits per heavy atom. The quantitative estimate of drug-likeness (QED) is 0.766. The zero-order valence-corrected chi connectivity index (χ0v) is 18.1. The van der Waals surface area contributed by atoms with E-state index in [1.54, 1.807) is 0 Å². The molecule has 1 saturated heterocycles. The molecular formula is C25H32N4O. The average molecular weight is 405 g/mol. The van der Waals surface area contributed by atoms with Crippen LogP contribution in [0.15, 0.2) is 54.6 Å². The molecule has 0 aromatic heterocycles. The molecule has 1 unspecified atom stereocenters. The number of carbonyl (C=O) groups excluding carboxylic acids is 1. The first-order chi connectivity index (χ1) is 14.5. The summed E-state index contributed by atoms with van der Waals surface area (Å²) in [7, 11) is 0. The van der Waals surface area contributed by atoms with E-state index in [4.69, 9.17) is 5.26 Å². The number of amides is 1. The summed E-state index contributed by atoms with van der Waals surface area (Å²) in [6.07, 6.45) is 1.05. The van der Waals surface area contributed by atoms with Crippen molar-refractivity contribution < 1.29 is 4.79 Å². The van der Waals surface area contributed by atoms with Crippen LogP contribution in [0.2, 0.25) is 0 Å². The van der Waals surface area contributed by atoms with Gasteiger partial charge in [0.05, 0.1) is 24.2 Å². The van der Waals surface area contributed by atoms with Crippen LogP contribution in [0.1, 0.15) is 43.0 Å². The van der Waals surface area contributed by atoms with Gasteiger partial charge >= 0.3 is 0 Å². The first kappa shape index (κ1) is 22.0. The van der Waals surface area contributed by atoms with Gasteiger partial charge in [0.1, 0.15) is 0 Å². The number of nitrogens with one attached hydrogen (secondary N) is 1. The lowest BCUT2D eigenvalue weighted by Crippen LogP contribution is -2.41. The Hall–Kier alpha value is -2.68. The second-order valence-electron chi connectivity index (χ2n) is 8.41.